The third kappa shape index (κ3) is 4.33. The van der Waals surface area contributed by atoms with Crippen molar-refractivity contribution in [1.82, 2.24) is 5.32 Å². The number of hydrogen-bond donors (Lipinski definition) is 2. The Morgan fingerprint density at radius 3 is 2.70 bits per heavy atom. The van der Waals surface area contributed by atoms with Crippen molar-refractivity contribution in [2.24, 2.45) is 11.7 Å². The number of carbonyl (C=O) groups excluding carboxylic acids is 1. The highest BCUT2D eigenvalue weighted by Crippen LogP contribution is 2.40. The van der Waals surface area contributed by atoms with Crippen LogP contribution in [0.1, 0.15) is 44.1 Å². The molecule has 2 atom stereocenters. The van der Waals surface area contributed by atoms with Crippen molar-refractivity contribution in [1.29, 1.82) is 0 Å². The summed E-state index contributed by atoms with van der Waals surface area (Å²) in [5, 5.41) is 3.18. The molecule has 150 valence electrons. The molecule has 2 aliphatic heterocycles. The molecule has 7 heteroatoms. The normalized spacial score (nSPS) is 25.7. The molecule has 1 saturated carbocycles. The first-order chi connectivity index (χ1) is 12.7. The van der Waals surface area contributed by atoms with Crippen molar-refractivity contribution in [3.8, 4) is 11.5 Å². The summed E-state index contributed by atoms with van der Waals surface area (Å²) >= 11 is 0. The maximum atomic E-state index is 12.5. The minimum atomic E-state index is -0.118. The Hall–Kier alpha value is -1.50. The van der Waals surface area contributed by atoms with Crippen LogP contribution in [0.3, 0.4) is 0 Å². The molecular formula is C20H29ClN2O4. The summed E-state index contributed by atoms with van der Waals surface area (Å²) in [7, 11) is 0. The summed E-state index contributed by atoms with van der Waals surface area (Å²) in [4.78, 5) is 12.5. The van der Waals surface area contributed by atoms with E-state index in [2.05, 4.69) is 17.4 Å². The SMILES string of the molecule is Cl.N[C@@H]1CCC[C@H]1CC(=O)NCC1(c2ccc3c(c2)OCO3)CCOCC1. The van der Waals surface area contributed by atoms with Gasteiger partial charge in [-0.25, -0.2) is 0 Å². The Morgan fingerprint density at radius 2 is 1.96 bits per heavy atom. The van der Waals surface area contributed by atoms with E-state index in [0.717, 1.165) is 43.6 Å². The van der Waals surface area contributed by atoms with E-state index in [1.54, 1.807) is 0 Å². The van der Waals surface area contributed by atoms with E-state index in [1.807, 2.05) is 6.07 Å². The first-order valence-corrected chi connectivity index (χ1v) is 9.66. The molecule has 1 amide bonds. The molecule has 27 heavy (non-hydrogen) atoms. The molecule has 1 aliphatic carbocycles. The van der Waals surface area contributed by atoms with Gasteiger partial charge in [0.25, 0.3) is 0 Å². The van der Waals surface area contributed by atoms with E-state index >= 15 is 0 Å². The summed E-state index contributed by atoms with van der Waals surface area (Å²) in [6.45, 7) is 2.31. The zero-order chi connectivity index (χ0) is 18.0. The number of rotatable bonds is 5. The summed E-state index contributed by atoms with van der Waals surface area (Å²) in [5.41, 5.74) is 7.18. The molecule has 1 aromatic carbocycles. The van der Waals surface area contributed by atoms with Gasteiger partial charge in [-0.05, 0) is 49.3 Å². The van der Waals surface area contributed by atoms with Crippen LogP contribution in [0.5, 0.6) is 11.5 Å². The molecular weight excluding hydrogens is 368 g/mol. The third-order valence-electron chi connectivity index (χ3n) is 6.22. The zero-order valence-corrected chi connectivity index (χ0v) is 16.4. The second-order valence-corrected chi connectivity index (χ2v) is 7.80. The van der Waals surface area contributed by atoms with Crippen molar-refractivity contribution >= 4 is 18.3 Å². The van der Waals surface area contributed by atoms with Gasteiger partial charge in [-0.2, -0.15) is 0 Å². The van der Waals surface area contributed by atoms with E-state index < -0.39 is 0 Å². The summed E-state index contributed by atoms with van der Waals surface area (Å²) in [6, 6.07) is 6.30. The number of nitrogens with two attached hydrogens (primary N) is 1. The molecule has 2 fully saturated rings. The Balaban J connectivity index is 0.00000210. The molecule has 4 rings (SSSR count). The van der Waals surface area contributed by atoms with Gasteiger partial charge in [0.2, 0.25) is 12.7 Å². The molecule has 3 N–H and O–H groups in total. The van der Waals surface area contributed by atoms with Gasteiger partial charge < -0.3 is 25.3 Å². The number of halogens is 1. The van der Waals surface area contributed by atoms with Crippen molar-refractivity contribution in [2.45, 2.75) is 50.0 Å². The van der Waals surface area contributed by atoms with Gasteiger partial charge in [-0.15, -0.1) is 12.4 Å². The van der Waals surface area contributed by atoms with E-state index in [4.69, 9.17) is 19.9 Å². The van der Waals surface area contributed by atoms with Crippen LogP contribution >= 0.6 is 12.4 Å². The van der Waals surface area contributed by atoms with Crippen LogP contribution in [0.2, 0.25) is 0 Å². The third-order valence-corrected chi connectivity index (χ3v) is 6.22. The molecule has 6 nitrogen and oxygen atoms in total. The molecule has 0 aromatic heterocycles. The van der Waals surface area contributed by atoms with Crippen LogP contribution in [0.4, 0.5) is 0 Å². The van der Waals surface area contributed by atoms with Gasteiger partial charge in [0.05, 0.1) is 0 Å². The van der Waals surface area contributed by atoms with Gasteiger partial charge in [0, 0.05) is 37.6 Å². The largest absolute Gasteiger partial charge is 0.454 e. The summed E-state index contributed by atoms with van der Waals surface area (Å²) in [5.74, 6) is 2.01. The second kappa shape index (κ2) is 8.67. The molecule has 1 saturated heterocycles. The van der Waals surface area contributed by atoms with Crippen LogP contribution in [0, 0.1) is 5.92 Å². The maximum absolute atomic E-state index is 12.5. The van der Waals surface area contributed by atoms with Crippen LogP contribution in [0.15, 0.2) is 18.2 Å². The van der Waals surface area contributed by atoms with Crippen molar-refractivity contribution < 1.29 is 19.0 Å². The van der Waals surface area contributed by atoms with Crippen LogP contribution in [0.25, 0.3) is 0 Å². The number of fused-ring (bicyclic) bond motifs is 1. The highest BCUT2D eigenvalue weighted by molar-refractivity contribution is 5.85. The molecule has 0 bridgehead atoms. The van der Waals surface area contributed by atoms with Crippen molar-refractivity contribution in [2.75, 3.05) is 26.6 Å². The molecule has 1 aromatic rings. The lowest BCUT2D eigenvalue weighted by atomic mass is 9.74. The number of nitrogens with one attached hydrogen (secondary N) is 1. The lowest BCUT2D eigenvalue weighted by molar-refractivity contribution is -0.122. The highest BCUT2D eigenvalue weighted by atomic mass is 35.5. The number of carbonyl (C=O) groups is 1. The van der Waals surface area contributed by atoms with E-state index in [0.29, 0.717) is 32.1 Å². The summed E-state index contributed by atoms with van der Waals surface area (Å²) in [6.07, 6.45) is 5.55. The number of ether oxygens (including phenoxy) is 3. The monoisotopic (exact) mass is 396 g/mol. The fraction of sp³-hybridized carbons (Fsp3) is 0.650. The van der Waals surface area contributed by atoms with E-state index in [-0.39, 0.29) is 36.6 Å². The minimum absolute atomic E-state index is 0. The molecule has 0 unspecified atom stereocenters. The van der Waals surface area contributed by atoms with Crippen LogP contribution in [-0.4, -0.2) is 38.5 Å². The van der Waals surface area contributed by atoms with Crippen LogP contribution in [-0.2, 0) is 14.9 Å². The van der Waals surface area contributed by atoms with Gasteiger partial charge in [0.15, 0.2) is 11.5 Å². The van der Waals surface area contributed by atoms with Crippen LogP contribution < -0.4 is 20.5 Å². The Bertz CT molecular complexity index is 663. The van der Waals surface area contributed by atoms with Gasteiger partial charge in [-0.1, -0.05) is 12.5 Å². The predicted octanol–water partition coefficient (Wildman–Crippen LogP) is 2.52. The maximum Gasteiger partial charge on any atom is 0.231 e. The number of benzene rings is 1. The van der Waals surface area contributed by atoms with Gasteiger partial charge >= 0.3 is 0 Å². The first kappa shape index (κ1) is 20.2. The minimum Gasteiger partial charge on any atom is -0.454 e. The fourth-order valence-corrected chi connectivity index (χ4v) is 4.45. The Labute approximate surface area is 166 Å². The lowest BCUT2D eigenvalue weighted by Gasteiger charge is -2.38. The standard InChI is InChI=1S/C20H28N2O4.ClH/c21-16-3-1-2-14(16)10-19(23)22-12-20(6-8-24-9-7-20)15-4-5-17-18(11-15)26-13-25-17;/h4-5,11,14,16H,1-3,6-10,12-13,21H2,(H,22,23);1H/t14-,16+;/m0./s1. The summed E-state index contributed by atoms with van der Waals surface area (Å²) < 4.78 is 16.6. The average Bonchev–Trinajstić information content (AvgIpc) is 3.29. The predicted molar refractivity (Wildman–Crippen MR) is 104 cm³/mol. The molecule has 3 aliphatic rings. The molecule has 2 heterocycles. The second-order valence-electron chi connectivity index (χ2n) is 7.80. The van der Waals surface area contributed by atoms with E-state index in [9.17, 15) is 4.79 Å². The zero-order valence-electron chi connectivity index (χ0n) is 15.6. The Kier molecular flexibility index (Phi) is 6.50. The van der Waals surface area contributed by atoms with Crippen molar-refractivity contribution in [3.63, 3.8) is 0 Å². The van der Waals surface area contributed by atoms with Gasteiger partial charge in [-0.3, -0.25) is 4.79 Å². The van der Waals surface area contributed by atoms with Crippen molar-refractivity contribution in [3.05, 3.63) is 23.8 Å². The average molecular weight is 397 g/mol. The fourth-order valence-electron chi connectivity index (χ4n) is 4.45. The number of amides is 1. The van der Waals surface area contributed by atoms with Gasteiger partial charge in [0.1, 0.15) is 0 Å². The quantitative estimate of drug-likeness (QED) is 0.799. The molecule has 0 spiro atoms. The lowest BCUT2D eigenvalue weighted by Crippen LogP contribution is -2.45. The molecule has 0 radical (unpaired) electrons. The van der Waals surface area contributed by atoms with E-state index in [1.165, 1.54) is 5.56 Å². The topological polar surface area (TPSA) is 82.8 Å². The Morgan fingerprint density at radius 1 is 1.19 bits per heavy atom. The highest BCUT2D eigenvalue weighted by Gasteiger charge is 2.36. The smallest absolute Gasteiger partial charge is 0.231 e. The first-order valence-electron chi connectivity index (χ1n) is 9.66. The number of hydrogen-bond acceptors (Lipinski definition) is 5.